The van der Waals surface area contributed by atoms with Gasteiger partial charge in [0.15, 0.2) is 0 Å². The SMILES string of the molecule is CCOC(=O)c1ccccc1NC(=O)c1cccc(C(F)(F)F)c1. The first-order valence-corrected chi connectivity index (χ1v) is 7.07. The summed E-state index contributed by atoms with van der Waals surface area (Å²) < 4.78 is 43.0. The van der Waals surface area contributed by atoms with Crippen LogP contribution in [0.5, 0.6) is 0 Å². The molecule has 1 amide bonds. The molecular weight excluding hydrogens is 323 g/mol. The second-order valence-electron chi connectivity index (χ2n) is 4.80. The first-order valence-electron chi connectivity index (χ1n) is 7.07. The van der Waals surface area contributed by atoms with Gasteiger partial charge < -0.3 is 10.1 Å². The third-order valence-electron chi connectivity index (χ3n) is 3.12. The quantitative estimate of drug-likeness (QED) is 0.853. The number of amides is 1. The highest BCUT2D eigenvalue weighted by molar-refractivity contribution is 6.08. The summed E-state index contributed by atoms with van der Waals surface area (Å²) in [5.74, 6) is -1.38. The van der Waals surface area contributed by atoms with Crippen molar-refractivity contribution in [3.63, 3.8) is 0 Å². The van der Waals surface area contributed by atoms with Gasteiger partial charge in [0, 0.05) is 5.56 Å². The lowest BCUT2D eigenvalue weighted by atomic mass is 10.1. The van der Waals surface area contributed by atoms with E-state index in [2.05, 4.69) is 5.32 Å². The molecule has 0 heterocycles. The number of rotatable bonds is 4. The van der Waals surface area contributed by atoms with Crippen LogP contribution in [0.4, 0.5) is 18.9 Å². The van der Waals surface area contributed by atoms with Crippen LogP contribution >= 0.6 is 0 Å². The average Bonchev–Trinajstić information content (AvgIpc) is 2.55. The summed E-state index contributed by atoms with van der Waals surface area (Å²) in [5.41, 5.74) is -0.796. The minimum atomic E-state index is -4.54. The van der Waals surface area contributed by atoms with Gasteiger partial charge >= 0.3 is 12.1 Å². The summed E-state index contributed by atoms with van der Waals surface area (Å²) in [5, 5.41) is 2.44. The molecule has 2 aromatic rings. The highest BCUT2D eigenvalue weighted by atomic mass is 19.4. The fourth-order valence-corrected chi connectivity index (χ4v) is 2.01. The molecule has 0 fully saturated rings. The summed E-state index contributed by atoms with van der Waals surface area (Å²) in [7, 11) is 0. The van der Waals surface area contributed by atoms with Gasteiger partial charge in [-0.25, -0.2) is 4.79 Å². The Bertz CT molecular complexity index is 757. The van der Waals surface area contributed by atoms with E-state index >= 15 is 0 Å². The predicted molar refractivity (Wildman–Crippen MR) is 81.8 cm³/mol. The summed E-state index contributed by atoms with van der Waals surface area (Å²) in [4.78, 5) is 24.0. The molecule has 0 saturated heterocycles. The maximum Gasteiger partial charge on any atom is 0.416 e. The standard InChI is InChI=1S/C17H14F3NO3/c1-2-24-16(23)13-8-3-4-9-14(13)21-15(22)11-6-5-7-12(10-11)17(18,19)20/h3-10H,2H2,1H3,(H,21,22). The summed E-state index contributed by atoms with van der Waals surface area (Å²) in [6, 6.07) is 10.1. The number of alkyl halides is 3. The van der Waals surface area contributed by atoms with Gasteiger partial charge in [-0.1, -0.05) is 18.2 Å². The second-order valence-corrected chi connectivity index (χ2v) is 4.80. The molecule has 2 rings (SSSR count). The van der Waals surface area contributed by atoms with E-state index in [9.17, 15) is 22.8 Å². The zero-order valence-electron chi connectivity index (χ0n) is 12.7. The Morgan fingerprint density at radius 1 is 1.08 bits per heavy atom. The first kappa shape index (κ1) is 17.5. The molecule has 126 valence electrons. The first-order chi connectivity index (χ1) is 11.3. The molecule has 4 nitrogen and oxygen atoms in total. The minimum absolute atomic E-state index is 0.125. The van der Waals surface area contributed by atoms with Crippen molar-refractivity contribution in [1.82, 2.24) is 0 Å². The highest BCUT2D eigenvalue weighted by Gasteiger charge is 2.31. The number of halogens is 3. The van der Waals surface area contributed by atoms with Crippen LogP contribution in [0.25, 0.3) is 0 Å². The molecule has 24 heavy (non-hydrogen) atoms. The number of esters is 1. The molecular formula is C17H14F3NO3. The van der Waals surface area contributed by atoms with Crippen LogP contribution in [0, 0.1) is 0 Å². The van der Waals surface area contributed by atoms with Gasteiger partial charge in [0.2, 0.25) is 0 Å². The van der Waals surface area contributed by atoms with Crippen molar-refractivity contribution in [1.29, 1.82) is 0 Å². The van der Waals surface area contributed by atoms with E-state index in [1.165, 1.54) is 18.2 Å². The molecule has 0 aliphatic heterocycles. The zero-order chi connectivity index (χ0) is 17.7. The Kier molecular flexibility index (Phi) is 5.23. The fraction of sp³-hybridized carbons (Fsp3) is 0.176. The van der Waals surface area contributed by atoms with E-state index in [-0.39, 0.29) is 23.4 Å². The van der Waals surface area contributed by atoms with E-state index in [4.69, 9.17) is 4.74 Å². The molecule has 0 bridgehead atoms. The third-order valence-corrected chi connectivity index (χ3v) is 3.12. The molecule has 0 saturated carbocycles. The van der Waals surface area contributed by atoms with Crippen LogP contribution in [0.15, 0.2) is 48.5 Å². The molecule has 0 atom stereocenters. The van der Waals surface area contributed by atoms with E-state index < -0.39 is 23.6 Å². The Balaban J connectivity index is 2.26. The van der Waals surface area contributed by atoms with E-state index in [1.807, 2.05) is 0 Å². The van der Waals surface area contributed by atoms with Gasteiger partial charge in [-0.3, -0.25) is 4.79 Å². The largest absolute Gasteiger partial charge is 0.462 e. The average molecular weight is 337 g/mol. The van der Waals surface area contributed by atoms with Gasteiger partial charge in [-0.15, -0.1) is 0 Å². The third kappa shape index (κ3) is 4.13. The van der Waals surface area contributed by atoms with Crippen LogP contribution < -0.4 is 5.32 Å². The van der Waals surface area contributed by atoms with Crippen molar-refractivity contribution < 1.29 is 27.5 Å². The Hall–Kier alpha value is -2.83. The second kappa shape index (κ2) is 7.16. The highest BCUT2D eigenvalue weighted by Crippen LogP contribution is 2.29. The molecule has 2 aromatic carbocycles. The fourth-order valence-electron chi connectivity index (χ4n) is 2.01. The van der Waals surface area contributed by atoms with Gasteiger partial charge in [0.1, 0.15) is 0 Å². The molecule has 7 heteroatoms. The lowest BCUT2D eigenvalue weighted by Gasteiger charge is -2.11. The van der Waals surface area contributed by atoms with E-state index in [0.717, 1.165) is 18.2 Å². The van der Waals surface area contributed by atoms with Gasteiger partial charge in [0.05, 0.1) is 23.4 Å². The Morgan fingerprint density at radius 3 is 2.46 bits per heavy atom. The molecule has 0 spiro atoms. The van der Waals surface area contributed by atoms with Gasteiger partial charge in [-0.05, 0) is 37.3 Å². The Morgan fingerprint density at radius 2 is 1.79 bits per heavy atom. The molecule has 0 radical (unpaired) electrons. The molecule has 0 aliphatic rings. The topological polar surface area (TPSA) is 55.4 Å². The van der Waals surface area contributed by atoms with Gasteiger partial charge in [0.25, 0.3) is 5.91 Å². The maximum atomic E-state index is 12.7. The number of carbonyl (C=O) groups is 2. The minimum Gasteiger partial charge on any atom is -0.462 e. The van der Waals surface area contributed by atoms with Gasteiger partial charge in [-0.2, -0.15) is 13.2 Å². The molecule has 1 N–H and O–H groups in total. The van der Waals surface area contributed by atoms with Crippen LogP contribution in [-0.4, -0.2) is 18.5 Å². The number of benzene rings is 2. The summed E-state index contributed by atoms with van der Waals surface area (Å²) in [6.45, 7) is 1.80. The van der Waals surface area contributed by atoms with Crippen molar-refractivity contribution in [2.45, 2.75) is 13.1 Å². The van der Waals surface area contributed by atoms with Crippen molar-refractivity contribution in [3.8, 4) is 0 Å². The number of hydrogen-bond donors (Lipinski definition) is 1. The lowest BCUT2D eigenvalue weighted by molar-refractivity contribution is -0.137. The van der Waals surface area contributed by atoms with E-state index in [0.29, 0.717) is 0 Å². The van der Waals surface area contributed by atoms with Crippen LogP contribution in [0.1, 0.15) is 33.2 Å². The van der Waals surface area contributed by atoms with Crippen LogP contribution in [-0.2, 0) is 10.9 Å². The summed E-state index contributed by atoms with van der Waals surface area (Å²) in [6.07, 6.45) is -4.54. The van der Waals surface area contributed by atoms with Crippen molar-refractivity contribution in [3.05, 3.63) is 65.2 Å². The Labute approximate surface area is 136 Å². The van der Waals surface area contributed by atoms with Crippen LogP contribution in [0.2, 0.25) is 0 Å². The zero-order valence-corrected chi connectivity index (χ0v) is 12.7. The molecule has 0 unspecified atom stereocenters. The maximum absolute atomic E-state index is 12.7. The number of para-hydroxylation sites is 1. The summed E-state index contributed by atoms with van der Waals surface area (Å²) >= 11 is 0. The van der Waals surface area contributed by atoms with Crippen LogP contribution in [0.3, 0.4) is 0 Å². The number of anilines is 1. The lowest BCUT2D eigenvalue weighted by Crippen LogP contribution is -2.16. The molecule has 0 aliphatic carbocycles. The van der Waals surface area contributed by atoms with Crippen molar-refractivity contribution in [2.24, 2.45) is 0 Å². The number of carbonyl (C=O) groups excluding carboxylic acids is 2. The normalized spacial score (nSPS) is 11.0. The molecule has 0 aromatic heterocycles. The van der Waals surface area contributed by atoms with Crippen molar-refractivity contribution >= 4 is 17.6 Å². The van der Waals surface area contributed by atoms with Crippen molar-refractivity contribution in [2.75, 3.05) is 11.9 Å². The smallest absolute Gasteiger partial charge is 0.416 e. The predicted octanol–water partition coefficient (Wildman–Crippen LogP) is 4.13. The van der Waals surface area contributed by atoms with E-state index in [1.54, 1.807) is 19.1 Å². The monoisotopic (exact) mass is 337 g/mol. The number of nitrogens with one attached hydrogen (secondary N) is 1. The number of ether oxygens (including phenoxy) is 1. The number of hydrogen-bond acceptors (Lipinski definition) is 3.